The van der Waals surface area contributed by atoms with Crippen LogP contribution in [-0.4, -0.2) is 15.4 Å². The zero-order valence-corrected chi connectivity index (χ0v) is 8.51. The van der Waals surface area contributed by atoms with Gasteiger partial charge in [0.05, 0.1) is 6.20 Å². The summed E-state index contributed by atoms with van der Waals surface area (Å²) in [7, 11) is 0. The third kappa shape index (κ3) is 1.54. The molecule has 1 atom stereocenters. The minimum Gasteiger partial charge on any atom is -0.270 e. The van der Waals surface area contributed by atoms with Crippen LogP contribution in [0, 0.1) is 6.92 Å². The smallest absolute Gasteiger partial charge is 0.106 e. The van der Waals surface area contributed by atoms with Crippen molar-refractivity contribution in [2.75, 3.05) is 0 Å². The van der Waals surface area contributed by atoms with Crippen LogP contribution in [0.3, 0.4) is 0 Å². The lowest BCUT2D eigenvalue weighted by molar-refractivity contribution is 0.625. The van der Waals surface area contributed by atoms with E-state index in [1.165, 1.54) is 10.4 Å². The van der Waals surface area contributed by atoms with Gasteiger partial charge < -0.3 is 0 Å². The van der Waals surface area contributed by atoms with E-state index in [4.69, 9.17) is 5.84 Å². The molecule has 1 unspecified atom stereocenters. The molecule has 0 saturated heterocycles. The maximum Gasteiger partial charge on any atom is 0.106 e. The Balaban J connectivity index is 2.36. The Hall–Kier alpha value is -1.24. The van der Waals surface area contributed by atoms with Crippen molar-refractivity contribution in [2.24, 2.45) is 5.84 Å². The van der Waals surface area contributed by atoms with Crippen molar-refractivity contribution < 1.29 is 0 Å². The van der Waals surface area contributed by atoms with Crippen LogP contribution in [0.1, 0.15) is 22.2 Å². The van der Waals surface area contributed by atoms with Crippen LogP contribution in [0.25, 0.3) is 0 Å². The Labute approximate surface area is 85.3 Å². The largest absolute Gasteiger partial charge is 0.270 e. The third-order valence-electron chi connectivity index (χ3n) is 2.06. The van der Waals surface area contributed by atoms with E-state index >= 15 is 0 Å². The fraction of sp³-hybridized carbons (Fsp3) is 0.250. The predicted octanol–water partition coefficient (Wildman–Crippen LogP) is 0.727. The highest BCUT2D eigenvalue weighted by Gasteiger charge is 2.17. The van der Waals surface area contributed by atoms with E-state index in [9.17, 15) is 0 Å². The molecule has 2 rings (SSSR count). The first-order valence-electron chi connectivity index (χ1n) is 4.18. The zero-order chi connectivity index (χ0) is 9.97. The highest BCUT2D eigenvalue weighted by atomic mass is 32.1. The second-order valence-corrected chi connectivity index (χ2v) is 3.91. The van der Waals surface area contributed by atoms with Crippen molar-refractivity contribution in [2.45, 2.75) is 13.0 Å². The van der Waals surface area contributed by atoms with E-state index < -0.39 is 0 Å². The molecule has 0 spiro atoms. The molecule has 2 heterocycles. The van der Waals surface area contributed by atoms with Gasteiger partial charge in [-0.2, -0.15) is 15.4 Å². The van der Waals surface area contributed by atoms with Gasteiger partial charge in [0.15, 0.2) is 0 Å². The molecule has 5 nitrogen and oxygen atoms in total. The van der Waals surface area contributed by atoms with Crippen molar-refractivity contribution in [1.82, 2.24) is 20.8 Å². The Bertz CT molecular complexity index is 394. The average molecular weight is 209 g/mol. The van der Waals surface area contributed by atoms with Gasteiger partial charge in [-0.25, -0.2) is 5.43 Å². The van der Waals surface area contributed by atoms with Gasteiger partial charge in [0.2, 0.25) is 0 Å². The first kappa shape index (κ1) is 9.32. The number of H-pyrrole nitrogens is 1. The first-order valence-corrected chi connectivity index (χ1v) is 5.06. The third-order valence-corrected chi connectivity index (χ3v) is 3.14. The van der Waals surface area contributed by atoms with Crippen molar-refractivity contribution in [3.63, 3.8) is 0 Å². The molecule has 0 aliphatic heterocycles. The number of aromatic amines is 1. The van der Waals surface area contributed by atoms with Crippen LogP contribution < -0.4 is 11.3 Å². The lowest BCUT2D eigenvalue weighted by Gasteiger charge is -2.11. The van der Waals surface area contributed by atoms with Gasteiger partial charge in [-0.05, 0) is 23.9 Å². The highest BCUT2D eigenvalue weighted by Crippen LogP contribution is 2.26. The molecule has 14 heavy (non-hydrogen) atoms. The van der Waals surface area contributed by atoms with Crippen molar-refractivity contribution in [3.05, 3.63) is 33.8 Å². The average Bonchev–Trinajstić information content (AvgIpc) is 2.80. The fourth-order valence-electron chi connectivity index (χ4n) is 1.33. The van der Waals surface area contributed by atoms with E-state index in [1.807, 2.05) is 5.38 Å². The summed E-state index contributed by atoms with van der Waals surface area (Å²) in [5, 5.41) is 12.4. The number of hydrogen-bond acceptors (Lipinski definition) is 5. The van der Waals surface area contributed by atoms with Crippen LogP contribution in [0.4, 0.5) is 0 Å². The van der Waals surface area contributed by atoms with E-state index in [1.54, 1.807) is 17.5 Å². The van der Waals surface area contributed by atoms with Gasteiger partial charge >= 0.3 is 0 Å². The summed E-state index contributed by atoms with van der Waals surface area (Å²) >= 11 is 1.66. The molecule has 0 aliphatic carbocycles. The Morgan fingerprint density at radius 1 is 1.64 bits per heavy atom. The molecule has 6 heteroatoms. The SMILES string of the molecule is Cc1ccsc1C(NN)c1cn[nH]n1. The Morgan fingerprint density at radius 2 is 2.50 bits per heavy atom. The second-order valence-electron chi connectivity index (χ2n) is 2.96. The summed E-state index contributed by atoms with van der Waals surface area (Å²) in [6, 6.07) is 1.98. The van der Waals surface area contributed by atoms with Gasteiger partial charge in [-0.1, -0.05) is 0 Å². The van der Waals surface area contributed by atoms with E-state index in [0.29, 0.717) is 0 Å². The number of hydrazine groups is 1. The lowest BCUT2D eigenvalue weighted by Crippen LogP contribution is -2.28. The summed E-state index contributed by atoms with van der Waals surface area (Å²) in [6.07, 6.45) is 1.67. The minimum atomic E-state index is -0.0752. The number of nitrogens with one attached hydrogen (secondary N) is 2. The van der Waals surface area contributed by atoms with Crippen molar-refractivity contribution in [1.29, 1.82) is 0 Å². The van der Waals surface area contributed by atoms with Crippen molar-refractivity contribution in [3.8, 4) is 0 Å². The number of thiophene rings is 1. The monoisotopic (exact) mass is 209 g/mol. The normalized spacial score (nSPS) is 13.0. The summed E-state index contributed by atoms with van der Waals surface area (Å²) in [4.78, 5) is 1.17. The van der Waals surface area contributed by atoms with Crippen LogP contribution in [-0.2, 0) is 0 Å². The maximum absolute atomic E-state index is 5.50. The molecule has 2 aromatic heterocycles. The van der Waals surface area contributed by atoms with Crippen molar-refractivity contribution >= 4 is 11.3 Å². The molecule has 0 aromatic carbocycles. The second kappa shape index (κ2) is 3.87. The molecular formula is C8H11N5S. The first-order chi connectivity index (χ1) is 6.83. The lowest BCUT2D eigenvalue weighted by atomic mass is 10.1. The van der Waals surface area contributed by atoms with Gasteiger partial charge in [-0.15, -0.1) is 11.3 Å². The standard InChI is InChI=1S/C8H11N5S/c1-5-2-3-14-8(5)7(11-9)6-4-10-13-12-6/h2-4,7,11H,9H2,1H3,(H,10,12,13). The van der Waals surface area contributed by atoms with E-state index in [-0.39, 0.29) is 6.04 Å². The molecule has 0 saturated carbocycles. The topological polar surface area (TPSA) is 79.6 Å². The minimum absolute atomic E-state index is 0.0752. The number of nitrogens with two attached hydrogens (primary N) is 1. The Morgan fingerprint density at radius 3 is 3.00 bits per heavy atom. The molecule has 0 aliphatic rings. The number of hydrogen-bond donors (Lipinski definition) is 3. The number of aromatic nitrogens is 3. The highest BCUT2D eigenvalue weighted by molar-refractivity contribution is 7.10. The summed E-state index contributed by atoms with van der Waals surface area (Å²) < 4.78 is 0. The number of rotatable bonds is 3. The predicted molar refractivity (Wildman–Crippen MR) is 54.6 cm³/mol. The van der Waals surface area contributed by atoms with E-state index in [2.05, 4.69) is 33.8 Å². The zero-order valence-electron chi connectivity index (χ0n) is 7.69. The van der Waals surface area contributed by atoms with Crippen LogP contribution >= 0.6 is 11.3 Å². The fourth-order valence-corrected chi connectivity index (χ4v) is 2.32. The van der Waals surface area contributed by atoms with E-state index in [0.717, 1.165) is 5.69 Å². The van der Waals surface area contributed by atoms with Gasteiger partial charge in [0.25, 0.3) is 0 Å². The Kier molecular flexibility index (Phi) is 2.58. The summed E-state index contributed by atoms with van der Waals surface area (Å²) in [5.74, 6) is 5.50. The van der Waals surface area contributed by atoms with Gasteiger partial charge in [0, 0.05) is 4.88 Å². The molecule has 0 amide bonds. The molecule has 2 aromatic rings. The van der Waals surface area contributed by atoms with Crippen LogP contribution in [0.5, 0.6) is 0 Å². The maximum atomic E-state index is 5.50. The molecule has 0 radical (unpaired) electrons. The van der Waals surface area contributed by atoms with Gasteiger partial charge in [0.1, 0.15) is 11.7 Å². The molecule has 4 N–H and O–H groups in total. The van der Waals surface area contributed by atoms with Crippen LogP contribution in [0.2, 0.25) is 0 Å². The van der Waals surface area contributed by atoms with Gasteiger partial charge in [-0.3, -0.25) is 5.84 Å². The molecule has 74 valence electrons. The molecular weight excluding hydrogens is 198 g/mol. The molecule has 0 fully saturated rings. The number of aryl methyl sites for hydroxylation is 1. The van der Waals surface area contributed by atoms with Crippen LogP contribution in [0.15, 0.2) is 17.6 Å². The quantitative estimate of drug-likeness (QED) is 0.514. The molecule has 0 bridgehead atoms. The summed E-state index contributed by atoms with van der Waals surface area (Å²) in [5.41, 5.74) is 4.75. The number of nitrogens with zero attached hydrogens (tertiary/aromatic N) is 2. The summed E-state index contributed by atoms with van der Waals surface area (Å²) in [6.45, 7) is 2.05.